The first-order chi connectivity index (χ1) is 27.6. The van der Waals surface area contributed by atoms with Crippen LogP contribution in [0.2, 0.25) is 0 Å². The highest BCUT2D eigenvalue weighted by molar-refractivity contribution is 8.00. The second-order valence-electron chi connectivity index (χ2n) is 19.5. The van der Waals surface area contributed by atoms with Crippen molar-refractivity contribution in [2.24, 2.45) is 33.6 Å². The van der Waals surface area contributed by atoms with E-state index in [1.807, 2.05) is 6.92 Å². The van der Waals surface area contributed by atoms with Crippen LogP contribution in [0.1, 0.15) is 97.0 Å². The number of fused-ring (bicyclic) bond motifs is 3. The minimum absolute atomic E-state index is 0.0446. The molecule has 1 aliphatic carbocycles. The van der Waals surface area contributed by atoms with Gasteiger partial charge in [-0.2, -0.15) is 0 Å². The van der Waals surface area contributed by atoms with Gasteiger partial charge < -0.3 is 20.4 Å². The molecular formula is C44H67N11O2S. The fourth-order valence-electron chi connectivity index (χ4n) is 11.3. The monoisotopic (exact) mass is 814 g/mol. The molecule has 2 amide bonds. The molecule has 0 spiro atoms. The molecule has 6 aliphatic rings. The van der Waals surface area contributed by atoms with Gasteiger partial charge >= 0.3 is 0 Å². The molecule has 14 heteroatoms. The van der Waals surface area contributed by atoms with E-state index in [1.165, 1.54) is 11.3 Å². The molecule has 4 N–H and O–H groups in total. The first-order valence-electron chi connectivity index (χ1n) is 21.9. The van der Waals surface area contributed by atoms with Crippen LogP contribution in [0.3, 0.4) is 0 Å². The number of likely N-dealkylation sites (N-methyl/N-ethyl adjacent to an activating group) is 1. The lowest BCUT2D eigenvalue weighted by molar-refractivity contribution is -0.121. The third-order valence-electron chi connectivity index (χ3n) is 14.3. The molecule has 13 nitrogen and oxygen atoms in total. The van der Waals surface area contributed by atoms with E-state index in [9.17, 15) is 9.59 Å². The Morgan fingerprint density at radius 3 is 2.29 bits per heavy atom. The molecule has 6 unspecified atom stereocenters. The molecule has 6 heterocycles. The van der Waals surface area contributed by atoms with E-state index < -0.39 is 0 Å². The van der Waals surface area contributed by atoms with Gasteiger partial charge in [-0.15, -0.1) is 11.8 Å². The van der Waals surface area contributed by atoms with Crippen molar-refractivity contribution in [2.75, 3.05) is 56.1 Å². The van der Waals surface area contributed by atoms with Crippen LogP contribution in [0.25, 0.3) is 0 Å². The maximum Gasteiger partial charge on any atom is 0.254 e. The van der Waals surface area contributed by atoms with Crippen molar-refractivity contribution in [1.29, 1.82) is 0 Å². The first-order valence-corrected chi connectivity index (χ1v) is 22.8. The van der Waals surface area contributed by atoms with Gasteiger partial charge in [0.2, 0.25) is 11.9 Å². The minimum Gasteiger partial charge on any atom is -0.369 e. The third kappa shape index (κ3) is 8.00. The number of likely N-dealkylation sites (tertiary alicyclic amines) is 1. The Bertz CT molecular complexity index is 1810. The fourth-order valence-corrected chi connectivity index (χ4v) is 13.2. The van der Waals surface area contributed by atoms with Crippen molar-refractivity contribution < 1.29 is 9.59 Å². The Morgan fingerprint density at radius 2 is 1.66 bits per heavy atom. The molecule has 0 bridgehead atoms. The molecule has 4 saturated heterocycles. The summed E-state index contributed by atoms with van der Waals surface area (Å²) in [5, 5.41) is 7.04. The number of hydrazine groups is 1. The number of amides is 2. The summed E-state index contributed by atoms with van der Waals surface area (Å²) >= 11 is 2.05. The summed E-state index contributed by atoms with van der Waals surface area (Å²) in [7, 11) is 2.23. The van der Waals surface area contributed by atoms with Crippen LogP contribution < -0.4 is 31.3 Å². The molecule has 5 fully saturated rings. The van der Waals surface area contributed by atoms with E-state index in [1.54, 1.807) is 12.4 Å². The van der Waals surface area contributed by atoms with E-state index in [0.29, 0.717) is 41.7 Å². The molecule has 5 aliphatic heterocycles. The molecule has 0 radical (unpaired) electrons. The van der Waals surface area contributed by atoms with Crippen molar-refractivity contribution in [3.63, 3.8) is 0 Å². The van der Waals surface area contributed by atoms with E-state index >= 15 is 0 Å². The number of nitrogens with one attached hydrogen (secondary N) is 4. The predicted octanol–water partition coefficient (Wildman–Crippen LogP) is 4.56. The van der Waals surface area contributed by atoms with Crippen LogP contribution in [-0.4, -0.2) is 125 Å². The van der Waals surface area contributed by atoms with Gasteiger partial charge in [0, 0.05) is 87.3 Å². The molecule has 2 aromatic rings. The van der Waals surface area contributed by atoms with Gasteiger partial charge in [-0.25, -0.2) is 20.8 Å². The van der Waals surface area contributed by atoms with Crippen LogP contribution in [0.4, 0.5) is 11.6 Å². The Balaban J connectivity index is 0.840. The highest BCUT2D eigenvalue weighted by Crippen LogP contribution is 2.53. The minimum atomic E-state index is -0.194. The van der Waals surface area contributed by atoms with Crippen molar-refractivity contribution in [3.8, 4) is 0 Å². The second-order valence-corrected chi connectivity index (χ2v) is 21.0. The van der Waals surface area contributed by atoms with Crippen molar-refractivity contribution in [1.82, 2.24) is 41.3 Å². The highest BCUT2D eigenvalue weighted by atomic mass is 32.2. The molecule has 1 aromatic heterocycles. The van der Waals surface area contributed by atoms with Gasteiger partial charge in [0.05, 0.1) is 41.8 Å². The van der Waals surface area contributed by atoms with E-state index in [4.69, 9.17) is 4.99 Å². The maximum absolute atomic E-state index is 13.0. The van der Waals surface area contributed by atoms with Gasteiger partial charge in [-0.1, -0.05) is 53.7 Å². The van der Waals surface area contributed by atoms with Crippen LogP contribution in [0, 0.1) is 28.6 Å². The summed E-state index contributed by atoms with van der Waals surface area (Å²) in [6.45, 7) is 23.5. The van der Waals surface area contributed by atoms with Crippen LogP contribution >= 0.6 is 11.8 Å². The van der Waals surface area contributed by atoms with Gasteiger partial charge in [-0.05, 0) is 73.5 Å². The van der Waals surface area contributed by atoms with Crippen LogP contribution in [-0.2, 0) is 4.79 Å². The maximum atomic E-state index is 13.0. The summed E-state index contributed by atoms with van der Waals surface area (Å²) in [5.41, 5.74) is 11.2. The highest BCUT2D eigenvalue weighted by Gasteiger charge is 2.54. The fraction of sp³-hybridized carbons (Fsp3) is 0.705. The second kappa shape index (κ2) is 16.3. The van der Waals surface area contributed by atoms with Gasteiger partial charge in [0.1, 0.15) is 0 Å². The van der Waals surface area contributed by atoms with E-state index in [-0.39, 0.29) is 58.4 Å². The average molecular weight is 814 g/mol. The number of carbonyl (C=O) groups excluding carboxylic acids is 2. The number of benzene rings is 1. The Morgan fingerprint density at radius 1 is 0.983 bits per heavy atom. The lowest BCUT2D eigenvalue weighted by Gasteiger charge is -2.57. The van der Waals surface area contributed by atoms with Crippen molar-refractivity contribution >= 4 is 40.9 Å². The molecule has 1 aromatic carbocycles. The molecule has 316 valence electrons. The molecule has 8 rings (SSSR count). The zero-order chi connectivity index (χ0) is 41.1. The number of rotatable bonds is 11. The predicted molar refractivity (Wildman–Crippen MR) is 234 cm³/mol. The smallest absolute Gasteiger partial charge is 0.254 e. The first kappa shape index (κ1) is 41.4. The number of aromatic nitrogens is 2. The zero-order valence-corrected chi connectivity index (χ0v) is 37.0. The lowest BCUT2D eigenvalue weighted by atomic mass is 9.52. The summed E-state index contributed by atoms with van der Waals surface area (Å²) in [4.78, 5) is 50.5. The summed E-state index contributed by atoms with van der Waals surface area (Å²) in [5.74, 6) is 2.06. The molecule has 7 atom stereocenters. The summed E-state index contributed by atoms with van der Waals surface area (Å²) in [6, 6.07) is 9.50. The number of carbonyl (C=O) groups is 2. The summed E-state index contributed by atoms with van der Waals surface area (Å²) < 4.78 is 0. The number of aliphatic imine (C=N–C) groups is 1. The number of nitrogens with zero attached hydrogens (tertiary/aromatic N) is 7. The van der Waals surface area contributed by atoms with Crippen LogP contribution in [0.15, 0.2) is 41.7 Å². The number of hydrogen-bond donors (Lipinski definition) is 4. The van der Waals surface area contributed by atoms with E-state index in [2.05, 4.69) is 143 Å². The quantitative estimate of drug-likeness (QED) is 0.255. The Hall–Kier alpha value is -3.30. The Kier molecular flexibility index (Phi) is 11.6. The van der Waals surface area contributed by atoms with Crippen LogP contribution in [0.5, 0.6) is 0 Å². The average Bonchev–Trinajstić information content (AvgIpc) is 3.66. The van der Waals surface area contributed by atoms with E-state index in [0.717, 1.165) is 63.6 Å². The number of anilines is 2. The zero-order valence-electron chi connectivity index (χ0n) is 36.2. The largest absolute Gasteiger partial charge is 0.369 e. The molecule has 1 saturated carbocycles. The number of hydrogen-bond acceptors (Lipinski definition) is 12. The SMILES string of the molecule is CCNC(=O)C[C@@H]1N=C(c2ccc(N(C)C3CN(CC4CCN(c5ncc(C(=O)NC6C(C)(C)CC6(C)C)cn5)CC4)C3)cc2)C2C(C)C(C)SC2N2C(C)NNC12. The Labute approximate surface area is 350 Å². The summed E-state index contributed by atoms with van der Waals surface area (Å²) in [6.07, 6.45) is 7.16. The number of piperidine rings is 1. The molecular weight excluding hydrogens is 747 g/mol. The van der Waals surface area contributed by atoms with Gasteiger partial charge in [-0.3, -0.25) is 24.4 Å². The molecule has 58 heavy (non-hydrogen) atoms. The standard InChI is InChI=1S/C44H67N11O2S/c1-10-45-35(56)19-34-38-51-50-28(4)55(38)40-36(26(2)27(3)58-40)37(48-34)30-11-13-32(14-12-30)52(9)33-23-53(24-33)22-29-15-17-54(18-16-29)42-46-20-31(21-47-42)39(57)49-41-43(5,6)25-44(41,7)8/h11-14,20-21,26-29,33-34,36,38,40-41,50-51H,10,15-19,22-25H2,1-9H3,(H,45,56)(H,49,57)/t26?,27?,28?,34-,36?,38?,40?/m0/s1. The number of thioether (sulfide) groups is 1. The lowest BCUT2D eigenvalue weighted by Crippen LogP contribution is -2.63. The normalized spacial score (nSPS) is 31.4. The van der Waals surface area contributed by atoms with Gasteiger partial charge in [0.25, 0.3) is 5.91 Å². The third-order valence-corrected chi connectivity index (χ3v) is 16.0. The van der Waals surface area contributed by atoms with Crippen molar-refractivity contribution in [2.45, 2.75) is 122 Å². The van der Waals surface area contributed by atoms with Gasteiger partial charge in [0.15, 0.2) is 0 Å². The van der Waals surface area contributed by atoms with Crippen molar-refractivity contribution in [3.05, 3.63) is 47.8 Å². The topological polar surface area (TPSA) is 133 Å².